The quantitative estimate of drug-likeness (QED) is 0.733. The molecule has 2 saturated carbocycles. The molecule has 0 atom stereocenters. The van der Waals surface area contributed by atoms with Gasteiger partial charge in [-0.3, -0.25) is 4.79 Å². The molecule has 2 fully saturated rings. The zero-order valence-corrected chi connectivity index (χ0v) is 13.6. The summed E-state index contributed by atoms with van der Waals surface area (Å²) in [5.74, 6) is 1.59. The lowest BCUT2D eigenvalue weighted by molar-refractivity contribution is -0.123. The lowest BCUT2D eigenvalue weighted by Gasteiger charge is -2.22. The molecule has 1 nitrogen and oxygen atoms in total. The first-order chi connectivity index (χ1) is 10.2. The van der Waals surface area contributed by atoms with Crippen molar-refractivity contribution in [2.45, 2.75) is 77.6 Å². The largest absolute Gasteiger partial charge is 0.299 e. The zero-order chi connectivity index (χ0) is 14.8. The molecule has 0 bridgehead atoms. The van der Waals surface area contributed by atoms with E-state index in [9.17, 15) is 4.79 Å². The Hall–Kier alpha value is -1.11. The fraction of sp³-hybridized carbons (Fsp3) is 0.650. The molecule has 0 unspecified atom stereocenters. The van der Waals surface area contributed by atoms with E-state index in [2.05, 4.69) is 26.0 Å². The predicted octanol–water partition coefficient (Wildman–Crippen LogP) is 5.13. The topological polar surface area (TPSA) is 17.1 Å². The minimum absolute atomic E-state index is 0.344. The van der Waals surface area contributed by atoms with Crippen LogP contribution >= 0.6 is 0 Å². The molecular weight excluding hydrogens is 256 g/mol. The number of aryl methyl sites for hydroxylation is 2. The molecule has 3 rings (SSSR count). The van der Waals surface area contributed by atoms with Crippen LogP contribution in [0.1, 0.15) is 80.0 Å². The molecule has 1 aromatic carbocycles. The van der Waals surface area contributed by atoms with Crippen LogP contribution in [-0.4, -0.2) is 5.78 Å². The van der Waals surface area contributed by atoms with Crippen LogP contribution in [0, 0.1) is 12.8 Å². The third-order valence-corrected chi connectivity index (χ3v) is 5.33. The molecular formula is C20H28O. The van der Waals surface area contributed by atoms with Gasteiger partial charge in [-0.05, 0) is 61.6 Å². The first-order valence-corrected chi connectivity index (χ1v) is 8.84. The predicted molar refractivity (Wildman–Crippen MR) is 87.8 cm³/mol. The number of Topliss-reactive ketones (excluding diaryl/α,β-unsaturated/α-hetero) is 1. The molecule has 0 spiro atoms. The summed E-state index contributed by atoms with van der Waals surface area (Å²) in [7, 11) is 0. The van der Waals surface area contributed by atoms with E-state index in [-0.39, 0.29) is 0 Å². The van der Waals surface area contributed by atoms with Crippen molar-refractivity contribution >= 4 is 5.78 Å². The van der Waals surface area contributed by atoms with Gasteiger partial charge in [-0.25, -0.2) is 0 Å². The number of carbonyl (C=O) groups excluding carboxylic acids is 1. The number of carbonyl (C=O) groups is 1. The van der Waals surface area contributed by atoms with Crippen LogP contribution in [-0.2, 0) is 17.6 Å². The van der Waals surface area contributed by atoms with Gasteiger partial charge in [0.15, 0.2) is 0 Å². The van der Waals surface area contributed by atoms with E-state index in [1.807, 2.05) is 0 Å². The van der Waals surface area contributed by atoms with Gasteiger partial charge in [0, 0.05) is 12.3 Å². The number of ketones is 1. The molecule has 0 radical (unpaired) electrons. The van der Waals surface area contributed by atoms with Crippen LogP contribution < -0.4 is 0 Å². The molecule has 1 heteroatoms. The summed E-state index contributed by atoms with van der Waals surface area (Å²) in [6.45, 7) is 4.41. The fourth-order valence-corrected chi connectivity index (χ4v) is 3.95. The zero-order valence-electron chi connectivity index (χ0n) is 13.6. The van der Waals surface area contributed by atoms with Crippen molar-refractivity contribution in [3.8, 4) is 0 Å². The molecule has 114 valence electrons. The normalized spacial score (nSPS) is 19.7. The van der Waals surface area contributed by atoms with Crippen molar-refractivity contribution in [2.24, 2.45) is 5.92 Å². The SMILES string of the molecule is CCc1cc(C)cc(C2CC2)c1CC(=O)C1CCCCC1. The maximum atomic E-state index is 12.7. The molecule has 0 amide bonds. The molecule has 1 aromatic rings. The number of hydrogen-bond acceptors (Lipinski definition) is 1. The molecule has 2 aliphatic rings. The first kappa shape index (κ1) is 14.8. The second kappa shape index (κ2) is 6.34. The summed E-state index contributed by atoms with van der Waals surface area (Å²) in [5, 5.41) is 0. The highest BCUT2D eigenvalue weighted by Crippen LogP contribution is 2.43. The average molecular weight is 284 g/mol. The van der Waals surface area contributed by atoms with Crippen molar-refractivity contribution in [1.29, 1.82) is 0 Å². The minimum atomic E-state index is 0.344. The van der Waals surface area contributed by atoms with Crippen LogP contribution in [0.15, 0.2) is 12.1 Å². The monoisotopic (exact) mass is 284 g/mol. The van der Waals surface area contributed by atoms with Crippen molar-refractivity contribution in [1.82, 2.24) is 0 Å². The third-order valence-electron chi connectivity index (χ3n) is 5.33. The van der Waals surface area contributed by atoms with Crippen molar-refractivity contribution in [3.05, 3.63) is 34.4 Å². The Labute approximate surface area is 129 Å². The summed E-state index contributed by atoms with van der Waals surface area (Å²) in [6.07, 6.45) is 10.5. The molecule has 0 heterocycles. The summed E-state index contributed by atoms with van der Waals surface area (Å²) >= 11 is 0. The Balaban J connectivity index is 1.84. The van der Waals surface area contributed by atoms with Crippen LogP contribution in [0.5, 0.6) is 0 Å². The van der Waals surface area contributed by atoms with Gasteiger partial charge in [0.1, 0.15) is 5.78 Å². The first-order valence-electron chi connectivity index (χ1n) is 8.84. The van der Waals surface area contributed by atoms with Crippen molar-refractivity contribution < 1.29 is 4.79 Å². The Morgan fingerprint density at radius 2 is 1.81 bits per heavy atom. The van der Waals surface area contributed by atoms with E-state index in [0.29, 0.717) is 18.1 Å². The van der Waals surface area contributed by atoms with Gasteiger partial charge in [0.05, 0.1) is 0 Å². The Morgan fingerprint density at radius 3 is 2.43 bits per heavy atom. The molecule has 21 heavy (non-hydrogen) atoms. The van der Waals surface area contributed by atoms with Gasteiger partial charge in [0.2, 0.25) is 0 Å². The molecule has 0 saturated heterocycles. The molecule has 0 aromatic heterocycles. The smallest absolute Gasteiger partial charge is 0.140 e. The Morgan fingerprint density at radius 1 is 1.10 bits per heavy atom. The van der Waals surface area contributed by atoms with Crippen LogP contribution in [0.2, 0.25) is 0 Å². The van der Waals surface area contributed by atoms with Crippen LogP contribution in [0.4, 0.5) is 0 Å². The van der Waals surface area contributed by atoms with Gasteiger partial charge >= 0.3 is 0 Å². The maximum Gasteiger partial charge on any atom is 0.140 e. The van der Waals surface area contributed by atoms with Crippen molar-refractivity contribution in [3.63, 3.8) is 0 Å². The van der Waals surface area contributed by atoms with Crippen LogP contribution in [0.25, 0.3) is 0 Å². The van der Waals surface area contributed by atoms with Crippen molar-refractivity contribution in [2.75, 3.05) is 0 Å². The second-order valence-electron chi connectivity index (χ2n) is 7.10. The van der Waals surface area contributed by atoms with E-state index in [1.165, 1.54) is 54.4 Å². The molecule has 2 aliphatic carbocycles. The number of hydrogen-bond donors (Lipinski definition) is 0. The molecule has 0 aliphatic heterocycles. The highest BCUT2D eigenvalue weighted by Gasteiger charge is 2.29. The average Bonchev–Trinajstić information content (AvgIpc) is 3.34. The van der Waals surface area contributed by atoms with E-state index in [0.717, 1.165) is 25.2 Å². The highest BCUT2D eigenvalue weighted by atomic mass is 16.1. The summed E-state index contributed by atoms with van der Waals surface area (Å²) < 4.78 is 0. The summed E-state index contributed by atoms with van der Waals surface area (Å²) in [4.78, 5) is 12.7. The highest BCUT2D eigenvalue weighted by molar-refractivity contribution is 5.84. The minimum Gasteiger partial charge on any atom is -0.299 e. The van der Waals surface area contributed by atoms with Crippen LogP contribution in [0.3, 0.4) is 0 Å². The van der Waals surface area contributed by atoms with E-state index in [1.54, 1.807) is 0 Å². The fourth-order valence-electron chi connectivity index (χ4n) is 3.95. The Bertz CT molecular complexity index is 519. The lowest BCUT2D eigenvalue weighted by atomic mass is 9.82. The van der Waals surface area contributed by atoms with E-state index >= 15 is 0 Å². The second-order valence-corrected chi connectivity index (χ2v) is 7.10. The maximum absolute atomic E-state index is 12.7. The Kier molecular flexibility index (Phi) is 4.47. The lowest BCUT2D eigenvalue weighted by Crippen LogP contribution is -2.21. The van der Waals surface area contributed by atoms with E-state index in [4.69, 9.17) is 0 Å². The third kappa shape index (κ3) is 3.39. The number of benzene rings is 1. The summed E-state index contributed by atoms with van der Waals surface area (Å²) in [6, 6.07) is 4.65. The van der Waals surface area contributed by atoms with E-state index < -0.39 is 0 Å². The standard InChI is InChI=1S/C20H28O/c1-3-15-11-14(2)12-18(16-9-10-16)19(15)13-20(21)17-7-5-4-6-8-17/h11-12,16-17H,3-10,13H2,1-2H3. The van der Waals surface area contributed by atoms with Gasteiger partial charge in [-0.2, -0.15) is 0 Å². The summed E-state index contributed by atoms with van der Waals surface area (Å²) in [5.41, 5.74) is 5.67. The molecule has 0 N–H and O–H groups in total. The van der Waals surface area contributed by atoms with Gasteiger partial charge < -0.3 is 0 Å². The van der Waals surface area contributed by atoms with Gasteiger partial charge in [0.25, 0.3) is 0 Å². The van der Waals surface area contributed by atoms with Gasteiger partial charge in [-0.15, -0.1) is 0 Å². The number of rotatable bonds is 5. The van der Waals surface area contributed by atoms with Gasteiger partial charge in [-0.1, -0.05) is 43.9 Å².